The van der Waals surface area contributed by atoms with Gasteiger partial charge in [-0.2, -0.15) is 0 Å². The van der Waals surface area contributed by atoms with E-state index in [1.54, 1.807) is 24.3 Å². The average molecular weight is 568 g/mol. The molecule has 0 N–H and O–H groups in total. The summed E-state index contributed by atoms with van der Waals surface area (Å²) in [5.74, 6) is -1.94. The first-order chi connectivity index (χ1) is 18.0. The van der Waals surface area contributed by atoms with Gasteiger partial charge in [0.25, 0.3) is 0 Å². The largest absolute Gasteiger partial charge is 0.274 e. The SMILES string of the molecule is O=C1[C@@H]2[C@H]3c4ccc(cc4)[C@@](C=Nc4cccc(Br)c4)(c4ccccc43)[C@@H]2C(=O)N1c1ccccc1Cl. The first-order valence-corrected chi connectivity index (χ1v) is 13.3. The molecule has 1 saturated heterocycles. The molecule has 37 heavy (non-hydrogen) atoms. The molecular weight excluding hydrogens is 548 g/mol. The zero-order valence-corrected chi connectivity index (χ0v) is 21.9. The lowest BCUT2D eigenvalue weighted by Crippen LogP contribution is -2.51. The van der Waals surface area contributed by atoms with Crippen molar-refractivity contribution < 1.29 is 9.59 Å². The minimum Gasteiger partial charge on any atom is -0.274 e. The van der Waals surface area contributed by atoms with Gasteiger partial charge in [0.2, 0.25) is 11.8 Å². The first-order valence-electron chi connectivity index (χ1n) is 12.1. The maximum Gasteiger partial charge on any atom is 0.239 e. The van der Waals surface area contributed by atoms with E-state index >= 15 is 0 Å². The van der Waals surface area contributed by atoms with Crippen molar-refractivity contribution in [3.63, 3.8) is 0 Å². The number of aliphatic imine (C=N–C) groups is 1. The van der Waals surface area contributed by atoms with Gasteiger partial charge in [-0.25, -0.2) is 4.90 Å². The van der Waals surface area contributed by atoms with Crippen molar-refractivity contribution in [2.24, 2.45) is 16.8 Å². The lowest BCUT2D eigenvalue weighted by atomic mass is 9.52. The molecule has 180 valence electrons. The van der Waals surface area contributed by atoms with Crippen molar-refractivity contribution in [1.82, 2.24) is 0 Å². The Balaban J connectivity index is 1.53. The van der Waals surface area contributed by atoms with Crippen LogP contribution in [-0.4, -0.2) is 18.0 Å². The molecule has 1 fully saturated rings. The highest BCUT2D eigenvalue weighted by atomic mass is 79.9. The summed E-state index contributed by atoms with van der Waals surface area (Å²) < 4.78 is 0.917. The fourth-order valence-electron chi connectivity index (χ4n) is 6.53. The second kappa shape index (κ2) is 8.23. The van der Waals surface area contributed by atoms with Crippen LogP contribution in [0.1, 0.15) is 28.2 Å². The third kappa shape index (κ3) is 3.11. The predicted molar refractivity (Wildman–Crippen MR) is 149 cm³/mol. The van der Waals surface area contributed by atoms with Crippen LogP contribution in [0.5, 0.6) is 0 Å². The van der Waals surface area contributed by atoms with Crippen molar-refractivity contribution >= 4 is 56.9 Å². The molecule has 10 rings (SSSR count). The van der Waals surface area contributed by atoms with Gasteiger partial charge in [-0.05, 0) is 52.6 Å². The smallest absolute Gasteiger partial charge is 0.239 e. The van der Waals surface area contributed by atoms with E-state index in [0.717, 1.165) is 32.4 Å². The second-order valence-corrected chi connectivity index (χ2v) is 11.1. The number of halogens is 2. The highest BCUT2D eigenvalue weighted by Crippen LogP contribution is 2.60. The first kappa shape index (κ1) is 22.6. The van der Waals surface area contributed by atoms with Crippen molar-refractivity contribution in [3.05, 3.63) is 129 Å². The van der Waals surface area contributed by atoms with E-state index in [4.69, 9.17) is 16.6 Å². The van der Waals surface area contributed by atoms with E-state index in [0.29, 0.717) is 10.7 Å². The monoisotopic (exact) mass is 566 g/mol. The molecule has 6 aliphatic rings. The normalized spacial score (nSPS) is 25.4. The quantitative estimate of drug-likeness (QED) is 0.197. The lowest BCUT2D eigenvalue weighted by molar-refractivity contribution is -0.122. The summed E-state index contributed by atoms with van der Waals surface area (Å²) in [6, 6.07) is 31.3. The van der Waals surface area contributed by atoms with Crippen molar-refractivity contribution in [1.29, 1.82) is 0 Å². The minimum absolute atomic E-state index is 0.217. The van der Waals surface area contributed by atoms with Gasteiger partial charge >= 0.3 is 0 Å². The third-order valence-corrected chi connectivity index (χ3v) is 8.82. The zero-order chi connectivity index (χ0) is 25.3. The summed E-state index contributed by atoms with van der Waals surface area (Å²) in [5.41, 5.74) is 4.32. The summed E-state index contributed by atoms with van der Waals surface area (Å²) in [6.07, 6.45) is 1.89. The summed E-state index contributed by atoms with van der Waals surface area (Å²) in [7, 11) is 0. The molecule has 4 aromatic rings. The van der Waals surface area contributed by atoms with Crippen LogP contribution in [0.3, 0.4) is 0 Å². The minimum atomic E-state index is -0.929. The highest BCUT2D eigenvalue weighted by Gasteiger charge is 2.65. The number of rotatable bonds is 3. The Kier molecular flexibility index (Phi) is 5.04. The molecule has 0 unspecified atom stereocenters. The lowest BCUT2D eigenvalue weighted by Gasteiger charge is -2.48. The van der Waals surface area contributed by atoms with Crippen LogP contribution in [0, 0.1) is 11.8 Å². The van der Waals surface area contributed by atoms with Gasteiger partial charge in [-0.3, -0.25) is 14.6 Å². The third-order valence-electron chi connectivity index (χ3n) is 8.01. The molecule has 5 aliphatic carbocycles. The van der Waals surface area contributed by atoms with Crippen LogP contribution >= 0.6 is 27.5 Å². The molecule has 6 heteroatoms. The molecule has 4 nitrogen and oxygen atoms in total. The number of hydrogen-bond donors (Lipinski definition) is 0. The number of anilines is 1. The van der Waals surface area contributed by atoms with Gasteiger partial charge in [-0.1, -0.05) is 94.3 Å². The molecule has 2 amide bonds. The van der Waals surface area contributed by atoms with E-state index in [1.165, 1.54) is 4.90 Å². The van der Waals surface area contributed by atoms with Crippen molar-refractivity contribution in [3.8, 4) is 0 Å². The van der Waals surface area contributed by atoms with E-state index in [2.05, 4.69) is 52.3 Å². The zero-order valence-electron chi connectivity index (χ0n) is 19.5. The van der Waals surface area contributed by atoms with Crippen LogP contribution in [0.2, 0.25) is 5.02 Å². The van der Waals surface area contributed by atoms with Crippen molar-refractivity contribution in [2.45, 2.75) is 11.3 Å². The van der Waals surface area contributed by atoms with Gasteiger partial charge in [-0.15, -0.1) is 0 Å². The van der Waals surface area contributed by atoms with Crippen molar-refractivity contribution in [2.75, 3.05) is 4.90 Å². The maximum absolute atomic E-state index is 14.4. The highest BCUT2D eigenvalue weighted by molar-refractivity contribution is 9.10. The van der Waals surface area contributed by atoms with Gasteiger partial charge in [0.15, 0.2) is 0 Å². The Morgan fingerprint density at radius 2 is 1.62 bits per heavy atom. The van der Waals surface area contributed by atoms with Crippen LogP contribution < -0.4 is 4.90 Å². The number of carbonyl (C=O) groups is 2. The summed E-state index contributed by atoms with van der Waals surface area (Å²) in [5, 5.41) is 0.375. The number of benzene rings is 4. The van der Waals surface area contributed by atoms with Crippen LogP contribution in [0.4, 0.5) is 11.4 Å². The fraction of sp³-hybridized carbons (Fsp3) is 0.129. The molecular formula is C31H20BrClN2O2. The Morgan fingerprint density at radius 3 is 2.41 bits per heavy atom. The average Bonchev–Trinajstić information content (AvgIpc) is 3.15. The number of carbonyl (C=O) groups excluding carboxylic acids is 2. The second-order valence-electron chi connectivity index (χ2n) is 9.76. The van der Waals surface area contributed by atoms with E-state index < -0.39 is 17.3 Å². The molecule has 0 spiro atoms. The molecule has 0 radical (unpaired) electrons. The fourth-order valence-corrected chi connectivity index (χ4v) is 7.14. The number of nitrogens with zero attached hydrogens (tertiary/aromatic N) is 2. The number of para-hydroxylation sites is 1. The topological polar surface area (TPSA) is 49.7 Å². The molecule has 4 atom stereocenters. The standard InChI is InChI=1S/C31H20BrClN2O2/c32-20-6-5-7-21(16-20)34-17-31-19-14-12-18(13-15-19)26(22-8-1-2-9-23(22)31)27-28(31)30(37)35(29(27)36)25-11-4-3-10-24(25)33/h1-17,26-28H/t26-,27+,28-,31-/m0/s1. The van der Waals surface area contributed by atoms with Gasteiger partial charge < -0.3 is 0 Å². The van der Waals surface area contributed by atoms with E-state index in [-0.39, 0.29) is 17.7 Å². The van der Waals surface area contributed by atoms with E-state index in [9.17, 15) is 9.59 Å². The van der Waals surface area contributed by atoms with Crippen LogP contribution in [0.15, 0.2) is 107 Å². The number of amides is 2. The van der Waals surface area contributed by atoms with Crippen LogP contribution in [-0.2, 0) is 15.0 Å². The summed E-state index contributed by atoms with van der Waals surface area (Å²) in [4.78, 5) is 34.9. The van der Waals surface area contributed by atoms with Gasteiger partial charge in [0, 0.05) is 16.6 Å². The molecule has 0 aromatic heterocycles. The maximum atomic E-state index is 14.4. The Bertz CT molecular complexity index is 1630. The Morgan fingerprint density at radius 1 is 0.865 bits per heavy atom. The van der Waals surface area contributed by atoms with E-state index in [1.807, 2.05) is 42.6 Å². The molecule has 0 saturated carbocycles. The molecule has 1 aliphatic heterocycles. The van der Waals surface area contributed by atoms with Gasteiger partial charge in [0.05, 0.1) is 33.6 Å². The predicted octanol–water partition coefficient (Wildman–Crippen LogP) is 7.06. The number of imide groups is 1. The Hall–Kier alpha value is -3.54. The summed E-state index contributed by atoms with van der Waals surface area (Å²) >= 11 is 10.1. The molecule has 1 heterocycles. The summed E-state index contributed by atoms with van der Waals surface area (Å²) in [6.45, 7) is 0. The van der Waals surface area contributed by atoms with Crippen LogP contribution in [0.25, 0.3) is 0 Å². The molecule has 4 aromatic carbocycles. The molecule has 4 bridgehead atoms. The Labute approximate surface area is 227 Å². The number of hydrogen-bond acceptors (Lipinski definition) is 3. The van der Waals surface area contributed by atoms with Gasteiger partial charge in [0.1, 0.15) is 0 Å².